The lowest BCUT2D eigenvalue weighted by Crippen LogP contribution is -2.27. The molecule has 1 heterocycles. The van der Waals surface area contributed by atoms with Crippen molar-refractivity contribution in [3.05, 3.63) is 59.0 Å². The third-order valence-corrected chi connectivity index (χ3v) is 5.05. The molecule has 1 fully saturated rings. The number of nitrogens with one attached hydrogen (secondary N) is 2. The van der Waals surface area contributed by atoms with E-state index in [2.05, 4.69) is 10.3 Å². The first-order chi connectivity index (χ1) is 12.0. The average Bonchev–Trinajstić information content (AvgIpc) is 3.29. The highest BCUT2D eigenvalue weighted by atomic mass is 35.5. The monoisotopic (exact) mass is 358 g/mol. The van der Waals surface area contributed by atoms with Crippen molar-refractivity contribution >= 4 is 34.1 Å². The van der Waals surface area contributed by atoms with Gasteiger partial charge in [-0.05, 0) is 54.8 Å². The summed E-state index contributed by atoms with van der Waals surface area (Å²) in [6.07, 6.45) is 3.26. The van der Waals surface area contributed by atoms with Gasteiger partial charge in [-0.1, -0.05) is 11.6 Å². The van der Waals surface area contributed by atoms with E-state index in [0.717, 1.165) is 29.3 Å². The van der Waals surface area contributed by atoms with E-state index in [1.807, 2.05) is 0 Å². The lowest BCUT2D eigenvalue weighted by Gasteiger charge is -2.15. The second-order valence-electron chi connectivity index (χ2n) is 6.28. The molecule has 0 spiro atoms. The highest BCUT2D eigenvalue weighted by Gasteiger charge is 2.52. The molecule has 1 aliphatic carbocycles. The Morgan fingerprint density at radius 3 is 2.76 bits per heavy atom. The van der Waals surface area contributed by atoms with Gasteiger partial charge in [0.05, 0.1) is 17.5 Å². The van der Waals surface area contributed by atoms with Crippen molar-refractivity contribution in [3.8, 4) is 5.75 Å². The van der Waals surface area contributed by atoms with E-state index >= 15 is 0 Å². The van der Waals surface area contributed by atoms with E-state index in [1.54, 1.807) is 30.5 Å². The number of amides is 1. The van der Waals surface area contributed by atoms with Gasteiger partial charge in [0.15, 0.2) is 0 Å². The summed E-state index contributed by atoms with van der Waals surface area (Å²) in [6, 6.07) is 9.67. The lowest BCUT2D eigenvalue weighted by molar-refractivity contribution is -0.118. The largest absolute Gasteiger partial charge is 0.495 e. The maximum atomic E-state index is 13.6. The Balaban J connectivity index is 1.65. The summed E-state index contributed by atoms with van der Waals surface area (Å²) in [5.74, 6) is 0.123. The number of carbonyl (C=O) groups excluding carboxylic acids is 1. The van der Waals surface area contributed by atoms with E-state index in [1.165, 1.54) is 19.2 Å². The second kappa shape index (κ2) is 5.77. The zero-order valence-corrected chi connectivity index (χ0v) is 14.3. The predicted molar refractivity (Wildman–Crippen MR) is 95.8 cm³/mol. The summed E-state index contributed by atoms with van der Waals surface area (Å²) in [4.78, 5) is 16.0. The first-order valence-corrected chi connectivity index (χ1v) is 8.33. The van der Waals surface area contributed by atoms with Crippen molar-refractivity contribution in [2.45, 2.75) is 18.3 Å². The molecule has 0 aliphatic heterocycles. The van der Waals surface area contributed by atoms with E-state index < -0.39 is 5.41 Å². The summed E-state index contributed by atoms with van der Waals surface area (Å²) >= 11 is 6.11. The van der Waals surface area contributed by atoms with Gasteiger partial charge in [-0.3, -0.25) is 4.79 Å². The van der Waals surface area contributed by atoms with E-state index in [9.17, 15) is 9.18 Å². The Morgan fingerprint density at radius 2 is 2.08 bits per heavy atom. The number of carbonyl (C=O) groups is 1. The number of rotatable bonds is 4. The van der Waals surface area contributed by atoms with Crippen LogP contribution in [0.5, 0.6) is 5.75 Å². The van der Waals surface area contributed by atoms with Crippen LogP contribution in [0.25, 0.3) is 10.9 Å². The number of anilines is 1. The van der Waals surface area contributed by atoms with Crippen LogP contribution in [0.15, 0.2) is 42.6 Å². The number of aromatic amines is 1. The number of H-pyrrole nitrogens is 1. The maximum Gasteiger partial charge on any atom is 0.235 e. The minimum atomic E-state index is -0.627. The summed E-state index contributed by atoms with van der Waals surface area (Å²) < 4.78 is 18.7. The van der Waals surface area contributed by atoms with E-state index in [-0.39, 0.29) is 11.7 Å². The topological polar surface area (TPSA) is 54.1 Å². The Morgan fingerprint density at radius 1 is 1.28 bits per heavy atom. The standard InChI is InChI=1S/C19H16ClFN2O2/c1-25-17-5-3-12(9-15(17)20)23-18(24)19(6-7-19)14-10-22-16-4-2-11(21)8-13(14)16/h2-5,8-10,22H,6-7H2,1H3,(H,23,24). The highest BCUT2D eigenvalue weighted by Crippen LogP contribution is 2.51. The van der Waals surface area contributed by atoms with Gasteiger partial charge in [-0.15, -0.1) is 0 Å². The van der Waals surface area contributed by atoms with Gasteiger partial charge in [-0.25, -0.2) is 4.39 Å². The number of aromatic nitrogens is 1. The van der Waals surface area contributed by atoms with Gasteiger partial charge in [-0.2, -0.15) is 0 Å². The number of benzene rings is 2. The minimum Gasteiger partial charge on any atom is -0.495 e. The SMILES string of the molecule is COc1ccc(NC(=O)C2(c3c[nH]c4ccc(F)cc34)CC2)cc1Cl. The van der Waals surface area contributed by atoms with Crippen LogP contribution in [0.3, 0.4) is 0 Å². The first kappa shape index (κ1) is 16.0. The molecule has 0 unspecified atom stereocenters. The maximum absolute atomic E-state index is 13.6. The van der Waals surface area contributed by atoms with Gasteiger partial charge < -0.3 is 15.0 Å². The quantitative estimate of drug-likeness (QED) is 0.713. The molecule has 0 bridgehead atoms. The fourth-order valence-corrected chi connectivity index (χ4v) is 3.49. The third-order valence-electron chi connectivity index (χ3n) is 4.75. The van der Waals surface area contributed by atoms with Gasteiger partial charge in [0.2, 0.25) is 5.91 Å². The van der Waals surface area contributed by atoms with Crippen LogP contribution in [0.4, 0.5) is 10.1 Å². The summed E-state index contributed by atoms with van der Waals surface area (Å²) in [5, 5.41) is 4.10. The number of hydrogen-bond donors (Lipinski definition) is 2. The molecular weight excluding hydrogens is 343 g/mol. The van der Waals surface area contributed by atoms with Gasteiger partial charge in [0.1, 0.15) is 11.6 Å². The molecule has 1 aliphatic rings. The Bertz CT molecular complexity index is 979. The number of methoxy groups -OCH3 is 1. The molecule has 3 aromatic rings. The zero-order valence-electron chi connectivity index (χ0n) is 13.5. The van der Waals surface area contributed by atoms with Crippen molar-refractivity contribution in [2.75, 3.05) is 12.4 Å². The first-order valence-electron chi connectivity index (χ1n) is 7.95. The van der Waals surface area contributed by atoms with Gasteiger partial charge in [0, 0.05) is 22.8 Å². The number of halogens is 2. The fourth-order valence-electron chi connectivity index (χ4n) is 3.23. The molecule has 1 aromatic heterocycles. The molecule has 6 heteroatoms. The molecule has 0 atom stereocenters. The molecule has 4 nitrogen and oxygen atoms in total. The molecular formula is C19H16ClFN2O2. The summed E-state index contributed by atoms with van der Waals surface area (Å²) in [7, 11) is 1.54. The molecule has 1 saturated carbocycles. The Kier molecular flexibility index (Phi) is 3.69. The second-order valence-corrected chi connectivity index (χ2v) is 6.69. The normalized spacial score (nSPS) is 15.2. The molecule has 25 heavy (non-hydrogen) atoms. The summed E-state index contributed by atoms with van der Waals surface area (Å²) in [6.45, 7) is 0. The molecule has 0 radical (unpaired) electrons. The Hall–Kier alpha value is -2.53. The van der Waals surface area contributed by atoms with Crippen LogP contribution in [0, 0.1) is 5.82 Å². The average molecular weight is 359 g/mol. The fraction of sp³-hybridized carbons (Fsp3) is 0.211. The van der Waals surface area contributed by atoms with Gasteiger partial charge >= 0.3 is 0 Å². The Labute approximate surface area is 148 Å². The van der Waals surface area contributed by atoms with Crippen molar-refractivity contribution in [3.63, 3.8) is 0 Å². The van der Waals surface area contributed by atoms with E-state index in [4.69, 9.17) is 16.3 Å². The molecule has 128 valence electrons. The number of ether oxygens (including phenoxy) is 1. The van der Waals surface area contributed by atoms with Crippen LogP contribution in [0.2, 0.25) is 5.02 Å². The third kappa shape index (κ3) is 2.65. The minimum absolute atomic E-state index is 0.112. The van der Waals surface area contributed by atoms with Crippen molar-refractivity contribution in [1.82, 2.24) is 4.98 Å². The summed E-state index contributed by atoms with van der Waals surface area (Å²) in [5.41, 5.74) is 1.63. The zero-order chi connectivity index (χ0) is 17.6. The van der Waals surface area contributed by atoms with Crippen molar-refractivity contribution in [1.29, 1.82) is 0 Å². The number of fused-ring (bicyclic) bond motifs is 1. The van der Waals surface area contributed by atoms with Crippen LogP contribution in [-0.4, -0.2) is 18.0 Å². The molecule has 2 aromatic carbocycles. The van der Waals surface area contributed by atoms with Crippen molar-refractivity contribution < 1.29 is 13.9 Å². The van der Waals surface area contributed by atoms with Crippen LogP contribution in [0.1, 0.15) is 18.4 Å². The molecule has 1 amide bonds. The van der Waals surface area contributed by atoms with Crippen LogP contribution >= 0.6 is 11.6 Å². The molecule has 0 saturated heterocycles. The van der Waals surface area contributed by atoms with Gasteiger partial charge in [0.25, 0.3) is 0 Å². The van der Waals surface area contributed by atoms with E-state index in [0.29, 0.717) is 16.5 Å². The molecule has 4 rings (SSSR count). The lowest BCUT2D eigenvalue weighted by atomic mass is 9.94. The predicted octanol–water partition coefficient (Wildman–Crippen LogP) is 4.64. The smallest absolute Gasteiger partial charge is 0.235 e. The molecule has 2 N–H and O–H groups in total. The van der Waals surface area contributed by atoms with Crippen molar-refractivity contribution in [2.24, 2.45) is 0 Å². The van der Waals surface area contributed by atoms with Crippen LogP contribution in [-0.2, 0) is 10.2 Å². The van der Waals surface area contributed by atoms with Crippen LogP contribution < -0.4 is 10.1 Å². The highest BCUT2D eigenvalue weighted by molar-refractivity contribution is 6.32. The number of hydrogen-bond acceptors (Lipinski definition) is 2.